The Hall–Kier alpha value is -3.01. The van der Waals surface area contributed by atoms with Crippen LogP contribution in [0.1, 0.15) is 18.1 Å². The van der Waals surface area contributed by atoms with E-state index < -0.39 is 0 Å². The van der Waals surface area contributed by atoms with Crippen LogP contribution in [0, 0.1) is 0 Å². The fourth-order valence-electron chi connectivity index (χ4n) is 2.72. The van der Waals surface area contributed by atoms with Gasteiger partial charge in [0.2, 0.25) is 0 Å². The molecule has 24 heavy (non-hydrogen) atoms. The number of aromatic nitrogens is 1. The summed E-state index contributed by atoms with van der Waals surface area (Å²) in [6, 6.07) is 15.7. The molecule has 1 heterocycles. The molecular weight excluding hydrogens is 302 g/mol. The average molecular weight is 321 g/mol. The molecule has 3 rings (SSSR count). The maximum absolute atomic E-state index is 12.1. The van der Waals surface area contributed by atoms with Gasteiger partial charge in [0.05, 0.1) is 13.7 Å². The Morgan fingerprint density at radius 3 is 2.67 bits per heavy atom. The summed E-state index contributed by atoms with van der Waals surface area (Å²) in [6.07, 6.45) is 3.42. The smallest absolute Gasteiger partial charge is 0.331 e. The van der Waals surface area contributed by atoms with Crippen LogP contribution in [0.15, 0.2) is 60.8 Å². The third-order valence-corrected chi connectivity index (χ3v) is 3.80. The van der Waals surface area contributed by atoms with Gasteiger partial charge in [0, 0.05) is 29.2 Å². The van der Waals surface area contributed by atoms with E-state index in [4.69, 9.17) is 9.47 Å². The van der Waals surface area contributed by atoms with E-state index in [1.807, 2.05) is 54.7 Å². The molecule has 0 aliphatic carbocycles. The second kappa shape index (κ2) is 7.04. The minimum Gasteiger partial charge on any atom is -0.497 e. The van der Waals surface area contributed by atoms with Crippen LogP contribution in [0.25, 0.3) is 16.5 Å². The number of hydrogen-bond acceptors (Lipinski definition) is 3. The van der Waals surface area contributed by atoms with Gasteiger partial charge < -0.3 is 14.5 Å². The summed E-state index contributed by atoms with van der Waals surface area (Å²) in [4.78, 5) is 15.3. The lowest BCUT2D eigenvalue weighted by Crippen LogP contribution is -2.02. The van der Waals surface area contributed by atoms with E-state index in [2.05, 4.69) is 4.98 Å². The molecule has 0 bridgehead atoms. The number of carbonyl (C=O) groups excluding carboxylic acids is 1. The third kappa shape index (κ3) is 3.18. The number of ether oxygens (including phenoxy) is 2. The lowest BCUT2D eigenvalue weighted by Gasteiger charge is -2.12. The van der Waals surface area contributed by atoms with E-state index in [0.29, 0.717) is 6.61 Å². The molecule has 4 heteroatoms. The number of carbonyl (C=O) groups is 1. The standard InChI is InChI=1S/C20H19NO3/c1-3-24-20(22)13-17(14-7-5-4-6-8-14)18-11-15(23-2)12-19-16(18)9-10-21-19/h4-13,21H,3H2,1-2H3/b17-13+. The average Bonchev–Trinajstić information content (AvgIpc) is 3.08. The lowest BCUT2D eigenvalue weighted by molar-refractivity contribution is -0.137. The Morgan fingerprint density at radius 2 is 1.96 bits per heavy atom. The number of esters is 1. The zero-order valence-electron chi connectivity index (χ0n) is 13.7. The molecule has 0 saturated carbocycles. The van der Waals surface area contributed by atoms with Crippen molar-refractivity contribution in [2.45, 2.75) is 6.92 Å². The lowest BCUT2D eigenvalue weighted by atomic mass is 9.94. The van der Waals surface area contributed by atoms with Gasteiger partial charge in [0.25, 0.3) is 0 Å². The van der Waals surface area contributed by atoms with Crippen molar-refractivity contribution in [1.29, 1.82) is 0 Å². The first-order valence-corrected chi connectivity index (χ1v) is 7.82. The van der Waals surface area contributed by atoms with Crippen molar-refractivity contribution < 1.29 is 14.3 Å². The van der Waals surface area contributed by atoms with Gasteiger partial charge in [-0.3, -0.25) is 0 Å². The molecule has 0 saturated heterocycles. The van der Waals surface area contributed by atoms with Gasteiger partial charge in [-0.2, -0.15) is 0 Å². The molecule has 122 valence electrons. The van der Waals surface area contributed by atoms with Crippen LogP contribution in [0.5, 0.6) is 5.75 Å². The quantitative estimate of drug-likeness (QED) is 0.567. The SMILES string of the molecule is CCOC(=O)/C=C(\c1ccccc1)c1cc(OC)cc2[nH]ccc12. The van der Waals surface area contributed by atoms with Crippen LogP contribution in [-0.2, 0) is 9.53 Å². The molecule has 0 amide bonds. The van der Waals surface area contributed by atoms with Crippen LogP contribution in [0.3, 0.4) is 0 Å². The van der Waals surface area contributed by atoms with Gasteiger partial charge in [-0.05, 0) is 35.8 Å². The molecule has 0 spiro atoms. The summed E-state index contributed by atoms with van der Waals surface area (Å²) in [5.41, 5.74) is 3.62. The fraction of sp³-hybridized carbons (Fsp3) is 0.150. The highest BCUT2D eigenvalue weighted by atomic mass is 16.5. The molecule has 0 atom stereocenters. The maximum atomic E-state index is 12.1. The second-order valence-electron chi connectivity index (χ2n) is 5.29. The Balaban J connectivity index is 2.23. The van der Waals surface area contributed by atoms with Crippen molar-refractivity contribution in [2.24, 2.45) is 0 Å². The number of fused-ring (bicyclic) bond motifs is 1. The maximum Gasteiger partial charge on any atom is 0.331 e. The van der Waals surface area contributed by atoms with Gasteiger partial charge in [0.1, 0.15) is 5.75 Å². The third-order valence-electron chi connectivity index (χ3n) is 3.80. The second-order valence-corrected chi connectivity index (χ2v) is 5.29. The van der Waals surface area contributed by atoms with Gasteiger partial charge in [-0.25, -0.2) is 4.79 Å². The zero-order chi connectivity index (χ0) is 16.9. The number of nitrogens with one attached hydrogen (secondary N) is 1. The molecule has 3 aromatic rings. The van der Waals surface area contributed by atoms with Gasteiger partial charge >= 0.3 is 5.97 Å². The summed E-state index contributed by atoms with van der Waals surface area (Å²) < 4.78 is 10.5. The van der Waals surface area contributed by atoms with Crippen molar-refractivity contribution in [1.82, 2.24) is 4.98 Å². The number of hydrogen-bond donors (Lipinski definition) is 1. The largest absolute Gasteiger partial charge is 0.497 e. The van der Waals surface area contributed by atoms with Crippen LogP contribution < -0.4 is 4.74 Å². The van der Waals surface area contributed by atoms with E-state index in [-0.39, 0.29) is 5.97 Å². The molecule has 0 radical (unpaired) electrons. The van der Waals surface area contributed by atoms with Gasteiger partial charge in [0.15, 0.2) is 0 Å². The summed E-state index contributed by atoms with van der Waals surface area (Å²) in [6.45, 7) is 2.14. The summed E-state index contributed by atoms with van der Waals surface area (Å²) in [5.74, 6) is 0.369. The Kier molecular flexibility index (Phi) is 4.66. The Labute approximate surface area is 140 Å². The first-order chi connectivity index (χ1) is 11.7. The van der Waals surface area contributed by atoms with Gasteiger partial charge in [-0.1, -0.05) is 30.3 Å². The highest BCUT2D eigenvalue weighted by Gasteiger charge is 2.14. The molecule has 0 fully saturated rings. The molecular formula is C20H19NO3. The predicted octanol–water partition coefficient (Wildman–Crippen LogP) is 4.17. The first-order valence-electron chi connectivity index (χ1n) is 7.82. The normalized spacial score (nSPS) is 11.5. The van der Waals surface area contributed by atoms with Crippen LogP contribution in [0.2, 0.25) is 0 Å². The highest BCUT2D eigenvalue weighted by Crippen LogP contribution is 2.33. The Morgan fingerprint density at radius 1 is 1.17 bits per heavy atom. The van der Waals surface area contributed by atoms with E-state index in [1.54, 1.807) is 20.1 Å². The van der Waals surface area contributed by atoms with Crippen molar-refractivity contribution >= 4 is 22.4 Å². The zero-order valence-corrected chi connectivity index (χ0v) is 13.7. The minimum absolute atomic E-state index is 0.342. The minimum atomic E-state index is -0.358. The Bertz CT molecular complexity index is 878. The summed E-state index contributed by atoms with van der Waals surface area (Å²) >= 11 is 0. The van der Waals surface area contributed by atoms with Crippen LogP contribution in [-0.4, -0.2) is 24.7 Å². The number of rotatable bonds is 5. The molecule has 1 N–H and O–H groups in total. The molecule has 0 unspecified atom stereocenters. The number of benzene rings is 2. The number of H-pyrrole nitrogens is 1. The van der Waals surface area contributed by atoms with E-state index >= 15 is 0 Å². The van der Waals surface area contributed by atoms with E-state index in [9.17, 15) is 4.79 Å². The van der Waals surface area contributed by atoms with Crippen molar-refractivity contribution in [3.8, 4) is 5.75 Å². The molecule has 0 aliphatic heterocycles. The van der Waals surface area contributed by atoms with Crippen LogP contribution >= 0.6 is 0 Å². The van der Waals surface area contributed by atoms with Crippen LogP contribution in [0.4, 0.5) is 0 Å². The predicted molar refractivity (Wildman–Crippen MR) is 95.0 cm³/mol. The monoisotopic (exact) mass is 321 g/mol. The number of methoxy groups -OCH3 is 1. The van der Waals surface area contributed by atoms with Crippen molar-refractivity contribution in [2.75, 3.05) is 13.7 Å². The summed E-state index contributed by atoms with van der Waals surface area (Å²) in [5, 5.41) is 1.02. The molecule has 2 aromatic carbocycles. The molecule has 0 aliphatic rings. The fourth-order valence-corrected chi connectivity index (χ4v) is 2.72. The molecule has 4 nitrogen and oxygen atoms in total. The number of aromatic amines is 1. The van der Waals surface area contributed by atoms with Crippen molar-refractivity contribution in [3.63, 3.8) is 0 Å². The first kappa shape index (κ1) is 15.9. The van der Waals surface area contributed by atoms with Gasteiger partial charge in [-0.15, -0.1) is 0 Å². The molecule has 1 aromatic heterocycles. The van der Waals surface area contributed by atoms with E-state index in [1.165, 1.54) is 0 Å². The topological polar surface area (TPSA) is 51.3 Å². The van der Waals surface area contributed by atoms with E-state index in [0.717, 1.165) is 33.4 Å². The highest BCUT2D eigenvalue weighted by molar-refractivity contribution is 6.03. The summed E-state index contributed by atoms with van der Waals surface area (Å²) in [7, 11) is 1.63. The van der Waals surface area contributed by atoms with Crippen molar-refractivity contribution in [3.05, 3.63) is 71.9 Å².